The summed E-state index contributed by atoms with van der Waals surface area (Å²) in [4.78, 5) is 9.58. The van der Waals surface area contributed by atoms with E-state index < -0.39 is 0 Å². The van der Waals surface area contributed by atoms with Gasteiger partial charge in [-0.05, 0) is 49.1 Å². The first-order valence-corrected chi connectivity index (χ1v) is 10.3. The Bertz CT molecular complexity index is 905. The number of nitrogens with zero attached hydrogens (tertiary/aromatic N) is 2. The highest BCUT2D eigenvalue weighted by molar-refractivity contribution is 9.10. The number of benzene rings is 2. The largest absolute Gasteiger partial charge is 0.369 e. The molecule has 1 N–H and O–H groups in total. The lowest BCUT2D eigenvalue weighted by Crippen LogP contribution is -2.18. The van der Waals surface area contributed by atoms with Crippen LogP contribution in [0.3, 0.4) is 0 Å². The first kappa shape index (κ1) is 17.7. The molecule has 4 rings (SSSR count). The van der Waals surface area contributed by atoms with Crippen LogP contribution < -0.4 is 5.32 Å². The van der Waals surface area contributed by atoms with Crippen molar-refractivity contribution in [2.45, 2.75) is 32.1 Å². The fourth-order valence-electron chi connectivity index (χ4n) is 3.60. The highest BCUT2D eigenvalue weighted by Gasteiger charge is 2.15. The van der Waals surface area contributed by atoms with Crippen molar-refractivity contribution in [3.8, 4) is 11.4 Å². The van der Waals surface area contributed by atoms with Crippen LogP contribution in [0.15, 0.2) is 46.9 Å². The van der Waals surface area contributed by atoms with Crippen LogP contribution in [-0.2, 0) is 0 Å². The van der Waals surface area contributed by atoms with Crippen molar-refractivity contribution in [1.82, 2.24) is 9.97 Å². The minimum absolute atomic E-state index is 0.707. The lowest BCUT2D eigenvalue weighted by atomic mass is 9.89. The molecule has 3 nitrogen and oxygen atoms in total. The zero-order valence-corrected chi connectivity index (χ0v) is 16.9. The molecular weight excluding hydrogens is 410 g/mol. The zero-order valence-electron chi connectivity index (χ0n) is 14.5. The van der Waals surface area contributed by atoms with Crippen molar-refractivity contribution in [3.05, 3.63) is 52.0 Å². The maximum Gasteiger partial charge on any atom is 0.162 e. The Morgan fingerprint density at radius 2 is 1.77 bits per heavy atom. The highest BCUT2D eigenvalue weighted by Crippen LogP contribution is 2.29. The van der Waals surface area contributed by atoms with E-state index in [4.69, 9.17) is 21.6 Å². The summed E-state index contributed by atoms with van der Waals surface area (Å²) in [5, 5.41) is 5.27. The average Bonchev–Trinajstić information content (AvgIpc) is 2.67. The fraction of sp³-hybridized carbons (Fsp3) is 0.333. The average molecular weight is 431 g/mol. The van der Waals surface area contributed by atoms with Crippen LogP contribution >= 0.6 is 27.5 Å². The Balaban J connectivity index is 1.70. The van der Waals surface area contributed by atoms with E-state index in [2.05, 4.69) is 21.2 Å². The Hall–Kier alpha value is -1.65. The van der Waals surface area contributed by atoms with Gasteiger partial charge in [-0.3, -0.25) is 0 Å². The van der Waals surface area contributed by atoms with Gasteiger partial charge in [0.15, 0.2) is 5.82 Å². The third-order valence-electron chi connectivity index (χ3n) is 5.04. The number of hydrogen-bond acceptors (Lipinski definition) is 3. The number of anilines is 1. The van der Waals surface area contributed by atoms with Crippen molar-refractivity contribution in [2.24, 2.45) is 5.92 Å². The molecule has 2 aromatic carbocycles. The molecule has 3 aromatic rings. The standard InChI is InChI=1S/C21H21BrClN3/c22-16-8-6-15(7-9-16)20-25-19-11-10-17(23)12-18(19)21(26-20)24-13-14-4-2-1-3-5-14/h6-12,14H,1-5,13H2,(H,24,25,26). The predicted molar refractivity (Wildman–Crippen MR) is 113 cm³/mol. The lowest BCUT2D eigenvalue weighted by molar-refractivity contribution is 0.373. The van der Waals surface area contributed by atoms with Crippen molar-refractivity contribution in [3.63, 3.8) is 0 Å². The minimum Gasteiger partial charge on any atom is -0.369 e. The molecule has 1 aliphatic rings. The second-order valence-electron chi connectivity index (χ2n) is 6.95. The number of fused-ring (bicyclic) bond motifs is 1. The van der Waals surface area contributed by atoms with Crippen molar-refractivity contribution >= 4 is 44.3 Å². The molecule has 1 heterocycles. The maximum atomic E-state index is 6.23. The second-order valence-corrected chi connectivity index (χ2v) is 8.30. The fourth-order valence-corrected chi connectivity index (χ4v) is 4.03. The van der Waals surface area contributed by atoms with Gasteiger partial charge >= 0.3 is 0 Å². The molecule has 1 saturated carbocycles. The van der Waals surface area contributed by atoms with Crippen molar-refractivity contribution < 1.29 is 0 Å². The molecule has 0 saturated heterocycles. The number of hydrogen-bond donors (Lipinski definition) is 1. The van der Waals surface area contributed by atoms with E-state index in [9.17, 15) is 0 Å². The van der Waals surface area contributed by atoms with Crippen molar-refractivity contribution in [2.75, 3.05) is 11.9 Å². The predicted octanol–water partition coefficient (Wildman–Crippen LogP) is 6.70. The van der Waals surface area contributed by atoms with Gasteiger partial charge in [0.05, 0.1) is 5.52 Å². The third-order valence-corrected chi connectivity index (χ3v) is 5.81. The molecule has 1 aromatic heterocycles. The molecule has 1 aliphatic carbocycles. The summed E-state index contributed by atoms with van der Waals surface area (Å²) >= 11 is 9.71. The summed E-state index contributed by atoms with van der Waals surface area (Å²) in [6, 6.07) is 13.9. The summed E-state index contributed by atoms with van der Waals surface area (Å²) in [5.41, 5.74) is 1.92. The molecule has 0 atom stereocenters. The van der Waals surface area contributed by atoms with E-state index in [-0.39, 0.29) is 0 Å². The number of nitrogens with one attached hydrogen (secondary N) is 1. The maximum absolute atomic E-state index is 6.23. The van der Waals surface area contributed by atoms with Crippen LogP contribution in [0.4, 0.5) is 5.82 Å². The van der Waals surface area contributed by atoms with Gasteiger partial charge in [0.1, 0.15) is 5.82 Å². The molecular formula is C21H21BrClN3. The van der Waals surface area contributed by atoms with Crippen molar-refractivity contribution in [1.29, 1.82) is 0 Å². The van der Waals surface area contributed by atoms with Gasteiger partial charge in [0.25, 0.3) is 0 Å². The van der Waals surface area contributed by atoms with E-state index in [0.29, 0.717) is 5.02 Å². The van der Waals surface area contributed by atoms with Gasteiger partial charge in [-0.25, -0.2) is 9.97 Å². The van der Waals surface area contributed by atoms with E-state index in [0.717, 1.165) is 45.0 Å². The molecule has 0 unspecified atom stereocenters. The summed E-state index contributed by atoms with van der Waals surface area (Å²) in [5.74, 6) is 2.34. The molecule has 0 spiro atoms. The summed E-state index contributed by atoms with van der Waals surface area (Å²) in [6.07, 6.45) is 6.66. The van der Waals surface area contributed by atoms with Crippen LogP contribution in [-0.4, -0.2) is 16.5 Å². The zero-order chi connectivity index (χ0) is 17.9. The van der Waals surface area contributed by atoms with Crippen LogP contribution in [0.2, 0.25) is 5.02 Å². The second kappa shape index (κ2) is 7.93. The summed E-state index contributed by atoms with van der Waals surface area (Å²) < 4.78 is 1.05. The highest BCUT2D eigenvalue weighted by atomic mass is 79.9. The van der Waals surface area contributed by atoms with Crippen LogP contribution in [0.25, 0.3) is 22.3 Å². The smallest absolute Gasteiger partial charge is 0.162 e. The molecule has 26 heavy (non-hydrogen) atoms. The monoisotopic (exact) mass is 429 g/mol. The van der Waals surface area contributed by atoms with Crippen LogP contribution in [0, 0.1) is 5.92 Å². The van der Waals surface area contributed by atoms with E-state index >= 15 is 0 Å². The lowest BCUT2D eigenvalue weighted by Gasteiger charge is -2.22. The molecule has 134 valence electrons. The topological polar surface area (TPSA) is 37.8 Å². The van der Waals surface area contributed by atoms with E-state index in [1.54, 1.807) is 0 Å². The van der Waals surface area contributed by atoms with Gasteiger partial charge in [-0.2, -0.15) is 0 Å². The van der Waals surface area contributed by atoms with E-state index in [1.165, 1.54) is 32.1 Å². The van der Waals surface area contributed by atoms with Gasteiger partial charge in [0, 0.05) is 27.0 Å². The van der Waals surface area contributed by atoms with Crippen LogP contribution in [0.1, 0.15) is 32.1 Å². The van der Waals surface area contributed by atoms with Gasteiger partial charge in [0.2, 0.25) is 0 Å². The Morgan fingerprint density at radius 3 is 2.54 bits per heavy atom. The summed E-state index contributed by atoms with van der Waals surface area (Å²) in [6.45, 7) is 0.957. The molecule has 5 heteroatoms. The Labute approximate surface area is 167 Å². The number of aromatic nitrogens is 2. The molecule has 0 aliphatic heterocycles. The van der Waals surface area contributed by atoms with E-state index in [1.807, 2.05) is 42.5 Å². The molecule has 0 radical (unpaired) electrons. The van der Waals surface area contributed by atoms with Gasteiger partial charge in [-0.1, -0.05) is 58.9 Å². The number of rotatable bonds is 4. The quantitative estimate of drug-likeness (QED) is 0.500. The summed E-state index contributed by atoms with van der Waals surface area (Å²) in [7, 11) is 0. The van der Waals surface area contributed by atoms with Gasteiger partial charge < -0.3 is 5.32 Å². The minimum atomic E-state index is 0.707. The molecule has 1 fully saturated rings. The molecule has 0 amide bonds. The first-order valence-electron chi connectivity index (χ1n) is 9.16. The first-order chi connectivity index (χ1) is 12.7. The molecule has 0 bridgehead atoms. The Kier molecular flexibility index (Phi) is 5.41. The number of halogens is 2. The SMILES string of the molecule is Clc1ccc2nc(-c3ccc(Br)cc3)nc(NCC3CCCCC3)c2c1. The normalized spacial score (nSPS) is 15.3. The Morgan fingerprint density at radius 1 is 1.00 bits per heavy atom. The van der Waals surface area contributed by atoms with Gasteiger partial charge in [-0.15, -0.1) is 0 Å². The van der Waals surface area contributed by atoms with Crippen LogP contribution in [0.5, 0.6) is 0 Å². The third kappa shape index (κ3) is 4.02.